The SMILES string of the molecule is CN(CCCC1CC(c2cccc(F)c2)NN1)C(=O)NCCNc1ncc(Cl)cc1Cl. The van der Waals surface area contributed by atoms with Crippen LogP contribution < -0.4 is 21.5 Å². The van der Waals surface area contributed by atoms with Gasteiger partial charge in [0, 0.05) is 45.0 Å². The van der Waals surface area contributed by atoms with Gasteiger partial charge in [-0.1, -0.05) is 35.3 Å². The number of carbonyl (C=O) groups is 1. The van der Waals surface area contributed by atoms with Crippen molar-refractivity contribution in [2.24, 2.45) is 0 Å². The van der Waals surface area contributed by atoms with Gasteiger partial charge in [0.25, 0.3) is 0 Å². The van der Waals surface area contributed by atoms with Gasteiger partial charge in [-0.05, 0) is 43.0 Å². The number of nitrogens with zero attached hydrogens (tertiary/aromatic N) is 2. The lowest BCUT2D eigenvalue weighted by Crippen LogP contribution is -2.40. The van der Waals surface area contributed by atoms with E-state index in [4.69, 9.17) is 23.2 Å². The van der Waals surface area contributed by atoms with Gasteiger partial charge >= 0.3 is 6.03 Å². The van der Waals surface area contributed by atoms with E-state index in [0.29, 0.717) is 35.5 Å². The number of hydrogen-bond donors (Lipinski definition) is 4. The molecule has 2 unspecified atom stereocenters. The largest absolute Gasteiger partial charge is 0.367 e. The molecule has 0 bridgehead atoms. The van der Waals surface area contributed by atoms with E-state index >= 15 is 0 Å². The topological polar surface area (TPSA) is 81.3 Å². The molecule has 2 atom stereocenters. The maximum atomic E-state index is 13.4. The highest BCUT2D eigenvalue weighted by Gasteiger charge is 2.25. The third kappa shape index (κ3) is 7.21. The van der Waals surface area contributed by atoms with Gasteiger partial charge in [0.1, 0.15) is 11.6 Å². The predicted molar refractivity (Wildman–Crippen MR) is 122 cm³/mol. The Kier molecular flexibility index (Phi) is 8.71. The van der Waals surface area contributed by atoms with E-state index in [-0.39, 0.29) is 23.9 Å². The van der Waals surface area contributed by atoms with E-state index in [1.807, 2.05) is 6.07 Å². The molecule has 2 amide bonds. The molecule has 4 N–H and O–H groups in total. The minimum Gasteiger partial charge on any atom is -0.367 e. The second-order valence-electron chi connectivity index (χ2n) is 7.54. The number of halogens is 3. The molecule has 31 heavy (non-hydrogen) atoms. The van der Waals surface area contributed by atoms with E-state index in [2.05, 4.69) is 26.5 Å². The highest BCUT2D eigenvalue weighted by Crippen LogP contribution is 2.24. The van der Waals surface area contributed by atoms with Gasteiger partial charge in [0.15, 0.2) is 0 Å². The van der Waals surface area contributed by atoms with E-state index < -0.39 is 0 Å². The van der Waals surface area contributed by atoms with Gasteiger partial charge in [-0.3, -0.25) is 10.9 Å². The Morgan fingerprint density at radius 2 is 2.13 bits per heavy atom. The Morgan fingerprint density at radius 1 is 1.29 bits per heavy atom. The monoisotopic (exact) mass is 468 g/mol. The number of urea groups is 1. The quantitative estimate of drug-likeness (QED) is 0.418. The zero-order valence-electron chi connectivity index (χ0n) is 17.3. The molecule has 1 aromatic carbocycles. The summed E-state index contributed by atoms with van der Waals surface area (Å²) in [7, 11) is 1.77. The van der Waals surface area contributed by atoms with Crippen LogP contribution in [0.1, 0.15) is 30.9 Å². The van der Waals surface area contributed by atoms with Crippen molar-refractivity contribution in [3.05, 3.63) is 58.0 Å². The molecule has 3 rings (SSSR count). The van der Waals surface area contributed by atoms with E-state index in [0.717, 1.165) is 24.8 Å². The van der Waals surface area contributed by atoms with E-state index in [9.17, 15) is 9.18 Å². The Labute approximate surface area is 191 Å². The van der Waals surface area contributed by atoms with Crippen LogP contribution in [-0.4, -0.2) is 48.6 Å². The van der Waals surface area contributed by atoms with Crippen LogP contribution in [0.2, 0.25) is 10.0 Å². The fourth-order valence-electron chi connectivity index (χ4n) is 3.46. The summed E-state index contributed by atoms with van der Waals surface area (Å²) in [5, 5.41) is 6.83. The molecule has 168 valence electrons. The van der Waals surface area contributed by atoms with Crippen LogP contribution in [0.25, 0.3) is 0 Å². The summed E-state index contributed by atoms with van der Waals surface area (Å²) in [6.45, 7) is 1.58. The summed E-state index contributed by atoms with van der Waals surface area (Å²) >= 11 is 11.9. The number of hydrogen-bond acceptors (Lipinski definition) is 5. The van der Waals surface area contributed by atoms with Crippen LogP contribution in [0, 0.1) is 5.82 Å². The van der Waals surface area contributed by atoms with Gasteiger partial charge < -0.3 is 15.5 Å². The number of rotatable bonds is 9. The fraction of sp³-hybridized carbons (Fsp3) is 0.429. The Morgan fingerprint density at radius 3 is 2.90 bits per heavy atom. The van der Waals surface area contributed by atoms with Crippen LogP contribution >= 0.6 is 23.2 Å². The molecule has 1 saturated heterocycles. The zero-order chi connectivity index (χ0) is 22.2. The number of aromatic nitrogens is 1. The number of benzene rings is 1. The highest BCUT2D eigenvalue weighted by atomic mass is 35.5. The summed E-state index contributed by atoms with van der Waals surface area (Å²) in [6.07, 6.45) is 4.17. The summed E-state index contributed by atoms with van der Waals surface area (Å²) in [5.41, 5.74) is 7.44. The van der Waals surface area contributed by atoms with Gasteiger partial charge in [0.2, 0.25) is 0 Å². The highest BCUT2D eigenvalue weighted by molar-refractivity contribution is 6.35. The maximum absolute atomic E-state index is 13.4. The second-order valence-corrected chi connectivity index (χ2v) is 8.38. The first-order valence-corrected chi connectivity index (χ1v) is 11.0. The normalized spacial score (nSPS) is 18.1. The number of carbonyl (C=O) groups excluding carboxylic acids is 1. The average Bonchev–Trinajstić information content (AvgIpc) is 3.21. The first-order chi connectivity index (χ1) is 14.9. The van der Waals surface area contributed by atoms with Crippen LogP contribution in [0.15, 0.2) is 36.5 Å². The summed E-state index contributed by atoms with van der Waals surface area (Å²) in [4.78, 5) is 18.0. The predicted octanol–water partition coefficient (Wildman–Crippen LogP) is 3.97. The van der Waals surface area contributed by atoms with E-state index in [1.54, 1.807) is 30.1 Å². The van der Waals surface area contributed by atoms with Gasteiger partial charge in [-0.2, -0.15) is 0 Å². The zero-order valence-corrected chi connectivity index (χ0v) is 18.8. The molecule has 0 aliphatic carbocycles. The molecular weight excluding hydrogens is 442 g/mol. The molecule has 7 nitrogen and oxygen atoms in total. The number of pyridine rings is 1. The first-order valence-electron chi connectivity index (χ1n) is 10.2. The first kappa shape index (κ1) is 23.5. The van der Waals surface area contributed by atoms with Crippen molar-refractivity contribution in [3.63, 3.8) is 0 Å². The summed E-state index contributed by atoms with van der Waals surface area (Å²) in [6, 6.07) is 8.52. The second kappa shape index (κ2) is 11.5. The Hall–Kier alpha value is -2.13. The number of anilines is 1. The molecule has 2 heterocycles. The Bertz CT molecular complexity index is 887. The minimum atomic E-state index is -0.224. The molecule has 1 aliphatic heterocycles. The maximum Gasteiger partial charge on any atom is 0.317 e. The lowest BCUT2D eigenvalue weighted by atomic mass is 9.99. The number of nitrogens with one attached hydrogen (secondary N) is 4. The third-order valence-corrected chi connectivity index (χ3v) is 5.62. The molecule has 2 aromatic rings. The molecule has 0 radical (unpaired) electrons. The van der Waals surface area contributed by atoms with Crippen molar-refractivity contribution in [2.75, 3.05) is 32.0 Å². The van der Waals surface area contributed by atoms with Crippen LogP contribution in [0.4, 0.5) is 15.0 Å². The molecule has 1 aliphatic rings. The van der Waals surface area contributed by atoms with Gasteiger partial charge in [-0.25, -0.2) is 14.2 Å². The van der Waals surface area contributed by atoms with Crippen LogP contribution in [0.3, 0.4) is 0 Å². The lowest BCUT2D eigenvalue weighted by molar-refractivity contribution is 0.208. The molecular formula is C21H27Cl2FN6O. The van der Waals surface area contributed by atoms with Gasteiger partial charge in [-0.15, -0.1) is 0 Å². The number of hydrazine groups is 1. The van der Waals surface area contributed by atoms with Crippen LogP contribution in [-0.2, 0) is 0 Å². The molecule has 1 fully saturated rings. The van der Waals surface area contributed by atoms with Crippen molar-refractivity contribution in [3.8, 4) is 0 Å². The smallest absolute Gasteiger partial charge is 0.317 e. The minimum absolute atomic E-state index is 0.0952. The third-order valence-electron chi connectivity index (χ3n) is 5.13. The molecule has 0 saturated carbocycles. The van der Waals surface area contributed by atoms with Crippen molar-refractivity contribution in [1.29, 1.82) is 0 Å². The van der Waals surface area contributed by atoms with Crippen molar-refractivity contribution >= 4 is 35.1 Å². The summed E-state index contributed by atoms with van der Waals surface area (Å²) in [5.74, 6) is 0.306. The molecule has 0 spiro atoms. The van der Waals surface area contributed by atoms with Crippen LogP contribution in [0.5, 0.6) is 0 Å². The van der Waals surface area contributed by atoms with Gasteiger partial charge in [0.05, 0.1) is 10.0 Å². The van der Waals surface area contributed by atoms with Crippen molar-refractivity contribution in [2.45, 2.75) is 31.3 Å². The average molecular weight is 469 g/mol. The summed E-state index contributed by atoms with van der Waals surface area (Å²) < 4.78 is 13.4. The molecule has 10 heteroatoms. The van der Waals surface area contributed by atoms with E-state index in [1.165, 1.54) is 12.3 Å². The lowest BCUT2D eigenvalue weighted by Gasteiger charge is -2.19. The van der Waals surface area contributed by atoms with Crippen molar-refractivity contribution < 1.29 is 9.18 Å². The molecule has 1 aromatic heterocycles. The number of amides is 2. The standard InChI is InChI=1S/C21H27Cl2FN6O/c1-30(21(31)26-8-7-25-20-18(23)11-15(22)13-27-20)9-3-6-17-12-19(29-28-17)14-4-2-5-16(24)10-14/h2,4-5,10-11,13,17,19,28-29H,3,6-9,12H2,1H3,(H,25,27)(H,26,31). The Balaban J connectivity index is 1.30. The fourth-order valence-corrected chi connectivity index (χ4v) is 3.91. The van der Waals surface area contributed by atoms with Crippen molar-refractivity contribution in [1.82, 2.24) is 26.1 Å².